The van der Waals surface area contributed by atoms with Crippen molar-refractivity contribution in [3.05, 3.63) is 65.6 Å². The summed E-state index contributed by atoms with van der Waals surface area (Å²) < 4.78 is 0. The summed E-state index contributed by atoms with van der Waals surface area (Å²) in [5.41, 5.74) is 6.45. The van der Waals surface area contributed by atoms with Gasteiger partial charge in [-0.25, -0.2) is 4.98 Å². The Kier molecular flexibility index (Phi) is 4.74. The maximum Gasteiger partial charge on any atom is 0.126 e. The Morgan fingerprint density at radius 2 is 2.04 bits per heavy atom. The first kappa shape index (κ1) is 16.8. The number of hydrogen-bond acceptors (Lipinski definition) is 3. The van der Waals surface area contributed by atoms with E-state index in [1.807, 2.05) is 12.4 Å². The highest BCUT2D eigenvalue weighted by molar-refractivity contribution is 5.68. The first-order chi connectivity index (χ1) is 12.8. The van der Waals surface area contributed by atoms with Crippen LogP contribution in [0.3, 0.4) is 0 Å². The molecule has 0 saturated carbocycles. The number of nitrogens with one attached hydrogen (secondary N) is 2. The van der Waals surface area contributed by atoms with Gasteiger partial charge in [-0.05, 0) is 54.5 Å². The van der Waals surface area contributed by atoms with E-state index in [0.717, 1.165) is 31.5 Å². The molecule has 2 N–H and O–H groups in total. The molecule has 0 aliphatic heterocycles. The molecule has 1 unspecified atom stereocenters. The molecule has 134 valence electrons. The van der Waals surface area contributed by atoms with Crippen LogP contribution in [-0.2, 0) is 6.42 Å². The number of nitrogens with zero attached hydrogens (tertiary/aromatic N) is 2. The predicted octanol–water partition coefficient (Wildman–Crippen LogP) is 5.47. The monoisotopic (exact) mass is 346 g/mol. The van der Waals surface area contributed by atoms with Crippen LogP contribution in [0.2, 0.25) is 0 Å². The van der Waals surface area contributed by atoms with E-state index in [1.165, 1.54) is 27.9 Å². The van der Waals surface area contributed by atoms with Crippen molar-refractivity contribution in [2.45, 2.75) is 51.5 Å². The van der Waals surface area contributed by atoms with E-state index >= 15 is 0 Å². The minimum absolute atomic E-state index is 0.344. The van der Waals surface area contributed by atoms with Gasteiger partial charge in [0.1, 0.15) is 5.82 Å². The van der Waals surface area contributed by atoms with Crippen LogP contribution in [0.5, 0.6) is 0 Å². The molecular formula is C22H26N4. The first-order valence-corrected chi connectivity index (χ1v) is 9.64. The molecule has 2 heterocycles. The number of hydrogen-bond donors (Lipinski definition) is 2. The Morgan fingerprint density at radius 1 is 1.19 bits per heavy atom. The number of benzene rings is 1. The van der Waals surface area contributed by atoms with Crippen LogP contribution < -0.4 is 5.32 Å². The van der Waals surface area contributed by atoms with Crippen molar-refractivity contribution in [1.82, 2.24) is 15.2 Å². The number of pyridine rings is 1. The lowest BCUT2D eigenvalue weighted by Crippen LogP contribution is -2.08. The van der Waals surface area contributed by atoms with Crippen molar-refractivity contribution < 1.29 is 0 Å². The molecule has 0 spiro atoms. The second-order valence-corrected chi connectivity index (χ2v) is 7.07. The average molecular weight is 346 g/mol. The third kappa shape index (κ3) is 3.12. The van der Waals surface area contributed by atoms with Gasteiger partial charge in [0.15, 0.2) is 0 Å². The normalized spacial score (nSPS) is 16.0. The molecule has 0 amide bonds. The van der Waals surface area contributed by atoms with E-state index in [9.17, 15) is 0 Å². The van der Waals surface area contributed by atoms with Crippen LogP contribution >= 0.6 is 0 Å². The maximum atomic E-state index is 4.56. The standard InChI is InChI=1S/C22H26N4/c1-3-15(4-2)22-19(14-24-26-22)17-11-12-23-21(13-17)25-20-10-9-16-7-5-6-8-18(16)20/h5-8,11-15,20H,3-4,9-10H2,1-2H3,(H,23,25)(H,24,26). The summed E-state index contributed by atoms with van der Waals surface area (Å²) in [4.78, 5) is 4.56. The summed E-state index contributed by atoms with van der Waals surface area (Å²) in [6, 6.07) is 13.3. The molecule has 3 aromatic rings. The van der Waals surface area contributed by atoms with Crippen molar-refractivity contribution in [2.24, 2.45) is 0 Å². The number of aromatic amines is 1. The molecule has 2 aromatic heterocycles. The van der Waals surface area contributed by atoms with Crippen molar-refractivity contribution in [3.63, 3.8) is 0 Å². The van der Waals surface area contributed by atoms with Crippen molar-refractivity contribution >= 4 is 5.82 Å². The summed E-state index contributed by atoms with van der Waals surface area (Å²) in [7, 11) is 0. The molecule has 1 aliphatic carbocycles. The van der Waals surface area contributed by atoms with Crippen LogP contribution in [0.25, 0.3) is 11.1 Å². The smallest absolute Gasteiger partial charge is 0.126 e. The van der Waals surface area contributed by atoms with Crippen LogP contribution in [0.15, 0.2) is 48.8 Å². The lowest BCUT2D eigenvalue weighted by molar-refractivity contribution is 0.622. The van der Waals surface area contributed by atoms with E-state index in [-0.39, 0.29) is 0 Å². The average Bonchev–Trinajstić information content (AvgIpc) is 3.31. The second kappa shape index (κ2) is 7.32. The number of anilines is 1. The Labute approximate surface area is 155 Å². The lowest BCUT2D eigenvalue weighted by atomic mass is 9.94. The Balaban J connectivity index is 1.60. The van der Waals surface area contributed by atoms with Gasteiger partial charge in [0, 0.05) is 23.4 Å². The molecule has 1 aromatic carbocycles. The van der Waals surface area contributed by atoms with Gasteiger partial charge in [-0.15, -0.1) is 0 Å². The lowest BCUT2D eigenvalue weighted by Gasteiger charge is -2.16. The van der Waals surface area contributed by atoms with E-state index < -0.39 is 0 Å². The Morgan fingerprint density at radius 3 is 2.88 bits per heavy atom. The Bertz CT molecular complexity index is 879. The van der Waals surface area contributed by atoms with Crippen LogP contribution in [0.1, 0.15) is 61.9 Å². The summed E-state index contributed by atoms with van der Waals surface area (Å²) in [6.07, 6.45) is 8.31. The first-order valence-electron chi connectivity index (χ1n) is 9.64. The number of H-pyrrole nitrogens is 1. The molecule has 26 heavy (non-hydrogen) atoms. The molecule has 1 atom stereocenters. The van der Waals surface area contributed by atoms with E-state index in [4.69, 9.17) is 0 Å². The zero-order valence-corrected chi connectivity index (χ0v) is 15.5. The highest BCUT2D eigenvalue weighted by Gasteiger charge is 2.22. The van der Waals surface area contributed by atoms with Crippen molar-refractivity contribution in [1.29, 1.82) is 0 Å². The topological polar surface area (TPSA) is 53.6 Å². The van der Waals surface area contributed by atoms with E-state index in [0.29, 0.717) is 12.0 Å². The third-order valence-electron chi connectivity index (χ3n) is 5.59. The van der Waals surface area contributed by atoms with Gasteiger partial charge in [0.05, 0.1) is 12.2 Å². The molecule has 0 saturated heterocycles. The van der Waals surface area contributed by atoms with Gasteiger partial charge in [0.2, 0.25) is 0 Å². The van der Waals surface area contributed by atoms with Crippen LogP contribution in [0.4, 0.5) is 5.82 Å². The van der Waals surface area contributed by atoms with Gasteiger partial charge >= 0.3 is 0 Å². The Hall–Kier alpha value is -2.62. The van der Waals surface area contributed by atoms with Crippen LogP contribution in [-0.4, -0.2) is 15.2 Å². The summed E-state index contributed by atoms with van der Waals surface area (Å²) in [5, 5.41) is 11.2. The molecule has 1 aliphatic rings. The third-order valence-corrected chi connectivity index (χ3v) is 5.59. The number of aryl methyl sites for hydroxylation is 1. The zero-order chi connectivity index (χ0) is 17.9. The minimum Gasteiger partial charge on any atom is -0.363 e. The quantitative estimate of drug-likeness (QED) is 0.622. The van der Waals surface area contributed by atoms with Gasteiger partial charge in [0.25, 0.3) is 0 Å². The van der Waals surface area contributed by atoms with E-state index in [2.05, 4.69) is 70.7 Å². The van der Waals surface area contributed by atoms with Gasteiger partial charge in [-0.2, -0.15) is 5.10 Å². The number of aromatic nitrogens is 3. The number of fused-ring (bicyclic) bond motifs is 1. The van der Waals surface area contributed by atoms with Gasteiger partial charge in [-0.1, -0.05) is 38.1 Å². The van der Waals surface area contributed by atoms with E-state index in [1.54, 1.807) is 0 Å². The van der Waals surface area contributed by atoms with Gasteiger partial charge < -0.3 is 5.32 Å². The highest BCUT2D eigenvalue weighted by Crippen LogP contribution is 2.35. The van der Waals surface area contributed by atoms with Crippen molar-refractivity contribution in [2.75, 3.05) is 5.32 Å². The molecule has 4 rings (SSSR count). The molecule has 0 bridgehead atoms. The molecular weight excluding hydrogens is 320 g/mol. The largest absolute Gasteiger partial charge is 0.363 e. The molecule has 0 radical (unpaired) electrons. The van der Waals surface area contributed by atoms with Gasteiger partial charge in [-0.3, -0.25) is 5.10 Å². The summed E-state index contributed by atoms with van der Waals surface area (Å²) in [5.74, 6) is 1.44. The summed E-state index contributed by atoms with van der Waals surface area (Å²) >= 11 is 0. The van der Waals surface area contributed by atoms with Crippen LogP contribution in [0, 0.1) is 0 Å². The fourth-order valence-corrected chi connectivity index (χ4v) is 4.10. The number of rotatable bonds is 6. The maximum absolute atomic E-state index is 4.56. The molecule has 4 heteroatoms. The fraction of sp³-hybridized carbons (Fsp3) is 0.364. The second-order valence-electron chi connectivity index (χ2n) is 7.07. The highest BCUT2D eigenvalue weighted by atomic mass is 15.1. The minimum atomic E-state index is 0.344. The SMILES string of the molecule is CCC(CC)c1[nH]ncc1-c1ccnc(NC2CCc3ccccc32)c1. The summed E-state index contributed by atoms with van der Waals surface area (Å²) in [6.45, 7) is 4.46. The fourth-order valence-electron chi connectivity index (χ4n) is 4.10. The molecule has 0 fully saturated rings. The molecule has 4 nitrogen and oxygen atoms in total. The van der Waals surface area contributed by atoms with Crippen molar-refractivity contribution in [3.8, 4) is 11.1 Å². The zero-order valence-electron chi connectivity index (χ0n) is 15.5. The predicted molar refractivity (Wildman–Crippen MR) is 106 cm³/mol.